The van der Waals surface area contributed by atoms with Gasteiger partial charge in [0.2, 0.25) is 0 Å². The molecule has 0 aliphatic heterocycles. The molecular formula is C13H16O3. The predicted molar refractivity (Wildman–Crippen MR) is 60.5 cm³/mol. The molecule has 2 unspecified atom stereocenters. The molecule has 0 heterocycles. The second-order valence-corrected chi connectivity index (χ2v) is 5.18. The lowest BCUT2D eigenvalue weighted by Gasteiger charge is -2.06. The molecule has 2 rings (SSSR count). The van der Waals surface area contributed by atoms with E-state index in [1.54, 1.807) is 6.07 Å². The van der Waals surface area contributed by atoms with Crippen LogP contribution in [0.5, 0.6) is 5.75 Å². The van der Waals surface area contributed by atoms with Gasteiger partial charge < -0.3 is 10.2 Å². The highest BCUT2D eigenvalue weighted by molar-refractivity contribution is 5.78. The van der Waals surface area contributed by atoms with Crippen LogP contribution in [0.15, 0.2) is 18.2 Å². The second-order valence-electron chi connectivity index (χ2n) is 5.18. The van der Waals surface area contributed by atoms with E-state index in [0.29, 0.717) is 0 Å². The molecule has 1 aliphatic carbocycles. The van der Waals surface area contributed by atoms with Gasteiger partial charge in [-0.2, -0.15) is 0 Å². The highest BCUT2D eigenvalue weighted by Crippen LogP contribution is 2.65. The van der Waals surface area contributed by atoms with Crippen molar-refractivity contribution in [2.45, 2.75) is 26.7 Å². The molecule has 0 saturated heterocycles. The molecule has 1 saturated carbocycles. The van der Waals surface area contributed by atoms with Gasteiger partial charge >= 0.3 is 5.97 Å². The van der Waals surface area contributed by atoms with E-state index in [0.717, 1.165) is 11.1 Å². The van der Waals surface area contributed by atoms with Gasteiger partial charge in [0.15, 0.2) is 0 Å². The lowest BCUT2D eigenvalue weighted by atomic mass is 10.0. The van der Waals surface area contributed by atoms with E-state index < -0.39 is 5.97 Å². The summed E-state index contributed by atoms with van der Waals surface area (Å²) in [5.41, 5.74) is 1.54. The minimum absolute atomic E-state index is 0.0788. The van der Waals surface area contributed by atoms with Crippen LogP contribution in [0.4, 0.5) is 0 Å². The number of aliphatic carboxylic acids is 1. The fraction of sp³-hybridized carbons (Fsp3) is 0.462. The van der Waals surface area contributed by atoms with Crippen molar-refractivity contribution in [1.29, 1.82) is 0 Å². The Hall–Kier alpha value is -1.51. The van der Waals surface area contributed by atoms with Crippen LogP contribution in [0.1, 0.15) is 30.9 Å². The highest BCUT2D eigenvalue weighted by Gasteiger charge is 2.63. The van der Waals surface area contributed by atoms with Crippen LogP contribution in [0.3, 0.4) is 0 Å². The van der Waals surface area contributed by atoms with Gasteiger partial charge in [-0.25, -0.2) is 0 Å². The molecule has 86 valence electrons. The molecule has 0 bridgehead atoms. The number of carboxylic acids is 1. The normalized spacial score (nSPS) is 26.4. The van der Waals surface area contributed by atoms with Crippen molar-refractivity contribution in [2.24, 2.45) is 11.3 Å². The number of carbonyl (C=O) groups is 1. The third kappa shape index (κ3) is 1.47. The van der Waals surface area contributed by atoms with Gasteiger partial charge in [0.25, 0.3) is 0 Å². The first kappa shape index (κ1) is 11.0. The topological polar surface area (TPSA) is 57.5 Å². The maximum absolute atomic E-state index is 11.1. The third-order valence-electron chi connectivity index (χ3n) is 3.61. The Balaban J connectivity index is 2.40. The molecule has 0 spiro atoms. The maximum Gasteiger partial charge on any atom is 0.307 e. The SMILES string of the molecule is Cc1ccc(O)c(C2C(C(=O)O)C2(C)C)c1. The smallest absolute Gasteiger partial charge is 0.307 e. The fourth-order valence-corrected chi connectivity index (χ4v) is 2.60. The van der Waals surface area contributed by atoms with Crippen LogP contribution < -0.4 is 0 Å². The lowest BCUT2D eigenvalue weighted by molar-refractivity contribution is -0.139. The minimum Gasteiger partial charge on any atom is -0.508 e. The van der Waals surface area contributed by atoms with E-state index in [-0.39, 0.29) is 23.0 Å². The van der Waals surface area contributed by atoms with Crippen LogP contribution in [-0.2, 0) is 4.79 Å². The number of phenols is 1. The Bertz CT molecular complexity index is 448. The van der Waals surface area contributed by atoms with Crippen molar-refractivity contribution in [3.8, 4) is 5.75 Å². The Morgan fingerprint density at radius 1 is 1.38 bits per heavy atom. The standard InChI is InChI=1S/C13H16O3/c1-7-4-5-9(14)8(6-7)10-11(12(15)16)13(10,2)3/h4-6,10-11,14H,1-3H3,(H,15,16). The zero-order valence-electron chi connectivity index (χ0n) is 9.69. The molecule has 1 aliphatic rings. The van der Waals surface area contributed by atoms with Gasteiger partial charge in [-0.1, -0.05) is 31.5 Å². The minimum atomic E-state index is -0.782. The van der Waals surface area contributed by atoms with Crippen molar-refractivity contribution in [2.75, 3.05) is 0 Å². The number of carboxylic acid groups (broad SMARTS) is 1. The molecule has 1 aromatic carbocycles. The third-order valence-corrected chi connectivity index (χ3v) is 3.61. The molecule has 1 aromatic rings. The number of hydrogen-bond donors (Lipinski definition) is 2. The molecule has 3 nitrogen and oxygen atoms in total. The first-order valence-electron chi connectivity index (χ1n) is 5.38. The van der Waals surface area contributed by atoms with Gasteiger partial charge in [-0.05, 0) is 24.0 Å². The van der Waals surface area contributed by atoms with Crippen LogP contribution >= 0.6 is 0 Å². The average molecular weight is 220 g/mol. The van der Waals surface area contributed by atoms with Gasteiger partial charge in [-0.3, -0.25) is 4.79 Å². The molecule has 0 radical (unpaired) electrons. The number of rotatable bonds is 2. The summed E-state index contributed by atoms with van der Waals surface area (Å²) >= 11 is 0. The molecule has 2 atom stereocenters. The summed E-state index contributed by atoms with van der Waals surface area (Å²) in [7, 11) is 0. The van der Waals surface area contributed by atoms with Crippen molar-refractivity contribution in [1.82, 2.24) is 0 Å². The van der Waals surface area contributed by atoms with Crippen LogP contribution in [0, 0.1) is 18.3 Å². The van der Waals surface area contributed by atoms with E-state index in [2.05, 4.69) is 0 Å². The van der Waals surface area contributed by atoms with Crippen molar-refractivity contribution >= 4 is 5.97 Å². The summed E-state index contributed by atoms with van der Waals surface area (Å²) in [5.74, 6) is -1.05. The van der Waals surface area contributed by atoms with Gasteiger partial charge in [0.05, 0.1) is 5.92 Å². The molecule has 1 fully saturated rings. The first-order chi connectivity index (χ1) is 7.35. The molecule has 3 heteroatoms. The number of aryl methyl sites for hydroxylation is 1. The Kier molecular flexibility index (Phi) is 2.22. The van der Waals surface area contributed by atoms with E-state index in [9.17, 15) is 9.90 Å². The molecule has 0 amide bonds. The van der Waals surface area contributed by atoms with Crippen LogP contribution in [0.2, 0.25) is 0 Å². The summed E-state index contributed by atoms with van der Waals surface area (Å²) in [6.45, 7) is 5.80. The Labute approximate surface area is 94.7 Å². The van der Waals surface area contributed by atoms with Crippen molar-refractivity contribution in [3.05, 3.63) is 29.3 Å². The Morgan fingerprint density at radius 2 is 2.00 bits per heavy atom. The van der Waals surface area contributed by atoms with E-state index >= 15 is 0 Å². The largest absolute Gasteiger partial charge is 0.508 e. The zero-order chi connectivity index (χ0) is 12.1. The molecule has 2 N–H and O–H groups in total. The summed E-state index contributed by atoms with van der Waals surface area (Å²) in [6.07, 6.45) is 0. The quantitative estimate of drug-likeness (QED) is 0.805. The maximum atomic E-state index is 11.1. The summed E-state index contributed by atoms with van der Waals surface area (Å²) < 4.78 is 0. The van der Waals surface area contributed by atoms with Crippen molar-refractivity contribution < 1.29 is 15.0 Å². The highest BCUT2D eigenvalue weighted by atomic mass is 16.4. The summed E-state index contributed by atoms with van der Waals surface area (Å²) in [4.78, 5) is 11.1. The molecule has 0 aromatic heterocycles. The summed E-state index contributed by atoms with van der Waals surface area (Å²) in [5, 5.41) is 18.9. The first-order valence-corrected chi connectivity index (χ1v) is 5.38. The van der Waals surface area contributed by atoms with E-state index in [4.69, 9.17) is 5.11 Å². The van der Waals surface area contributed by atoms with E-state index in [1.165, 1.54) is 0 Å². The van der Waals surface area contributed by atoms with Crippen LogP contribution in [-0.4, -0.2) is 16.2 Å². The van der Waals surface area contributed by atoms with Gasteiger partial charge in [0.1, 0.15) is 5.75 Å². The lowest BCUT2D eigenvalue weighted by Crippen LogP contribution is -2.03. The predicted octanol–water partition coefficient (Wildman–Crippen LogP) is 2.52. The number of aromatic hydroxyl groups is 1. The number of hydrogen-bond acceptors (Lipinski definition) is 2. The molecular weight excluding hydrogens is 204 g/mol. The second kappa shape index (κ2) is 3.24. The average Bonchev–Trinajstić information content (AvgIpc) is 2.73. The zero-order valence-corrected chi connectivity index (χ0v) is 9.69. The number of phenolic OH excluding ortho intramolecular Hbond substituents is 1. The number of benzene rings is 1. The van der Waals surface area contributed by atoms with Gasteiger partial charge in [0, 0.05) is 5.92 Å². The monoisotopic (exact) mass is 220 g/mol. The van der Waals surface area contributed by atoms with Crippen molar-refractivity contribution in [3.63, 3.8) is 0 Å². The Morgan fingerprint density at radius 3 is 2.50 bits per heavy atom. The summed E-state index contributed by atoms with van der Waals surface area (Å²) in [6, 6.07) is 5.34. The van der Waals surface area contributed by atoms with Gasteiger partial charge in [-0.15, -0.1) is 0 Å². The fourth-order valence-electron chi connectivity index (χ4n) is 2.60. The van der Waals surface area contributed by atoms with Crippen LogP contribution in [0.25, 0.3) is 0 Å². The van der Waals surface area contributed by atoms with E-state index in [1.807, 2.05) is 32.9 Å². The molecule has 16 heavy (non-hydrogen) atoms.